The Bertz CT molecular complexity index is 1160. The maximum absolute atomic E-state index is 13.4. The quantitative estimate of drug-likeness (QED) is 0.366. The molecule has 0 bridgehead atoms. The zero-order valence-corrected chi connectivity index (χ0v) is 19.2. The van der Waals surface area contributed by atoms with E-state index in [-0.39, 0.29) is 5.91 Å². The van der Waals surface area contributed by atoms with Gasteiger partial charge in [-0.2, -0.15) is 0 Å². The van der Waals surface area contributed by atoms with Crippen molar-refractivity contribution in [3.8, 4) is 0 Å². The van der Waals surface area contributed by atoms with E-state index in [0.29, 0.717) is 18.9 Å². The van der Waals surface area contributed by atoms with E-state index in [9.17, 15) is 4.79 Å². The molecule has 2 heterocycles. The van der Waals surface area contributed by atoms with Crippen LogP contribution in [0.15, 0.2) is 60.8 Å². The number of benzene rings is 2. The van der Waals surface area contributed by atoms with Gasteiger partial charge >= 0.3 is 0 Å². The van der Waals surface area contributed by atoms with Crippen LogP contribution in [0.4, 0.5) is 5.13 Å². The fourth-order valence-corrected chi connectivity index (χ4v) is 4.55. The van der Waals surface area contributed by atoms with Crippen molar-refractivity contribution in [1.29, 1.82) is 0 Å². The van der Waals surface area contributed by atoms with Gasteiger partial charge in [0, 0.05) is 6.20 Å². The van der Waals surface area contributed by atoms with Gasteiger partial charge < -0.3 is 0 Å². The summed E-state index contributed by atoms with van der Waals surface area (Å²) >= 11 is 1.56. The van der Waals surface area contributed by atoms with Crippen molar-refractivity contribution in [3.05, 3.63) is 88.7 Å². The second-order valence-electron chi connectivity index (χ2n) is 8.27. The molecule has 0 N–H and O–H groups in total. The van der Waals surface area contributed by atoms with E-state index >= 15 is 0 Å². The minimum Gasteiger partial charge on any atom is -0.282 e. The summed E-state index contributed by atoms with van der Waals surface area (Å²) in [5, 5.41) is 0.717. The van der Waals surface area contributed by atoms with Crippen molar-refractivity contribution < 1.29 is 4.79 Å². The molecular formula is C26H27N3OS. The molecule has 0 aliphatic carbocycles. The molecule has 4 nitrogen and oxygen atoms in total. The smallest absolute Gasteiger partial charge is 0.233 e. The normalized spacial score (nSPS) is 11.3. The van der Waals surface area contributed by atoms with Crippen molar-refractivity contribution in [1.82, 2.24) is 9.97 Å². The summed E-state index contributed by atoms with van der Waals surface area (Å²) in [5.74, 6) is 0.496. The zero-order valence-electron chi connectivity index (χ0n) is 18.4. The molecule has 5 heteroatoms. The largest absolute Gasteiger partial charge is 0.282 e. The average molecular weight is 430 g/mol. The van der Waals surface area contributed by atoms with Crippen LogP contribution in [0.25, 0.3) is 10.2 Å². The van der Waals surface area contributed by atoms with Gasteiger partial charge in [0.2, 0.25) is 5.91 Å². The highest BCUT2D eigenvalue weighted by Crippen LogP contribution is 2.32. The number of aromatic nitrogens is 2. The Hall–Kier alpha value is -3.05. The highest BCUT2D eigenvalue weighted by molar-refractivity contribution is 7.22. The van der Waals surface area contributed by atoms with E-state index in [0.717, 1.165) is 26.6 Å². The summed E-state index contributed by atoms with van der Waals surface area (Å²) in [7, 11) is 0. The summed E-state index contributed by atoms with van der Waals surface area (Å²) in [6.07, 6.45) is 2.09. The number of fused-ring (bicyclic) bond motifs is 1. The van der Waals surface area contributed by atoms with Gasteiger partial charge in [0.05, 0.1) is 28.9 Å². The molecule has 158 valence electrons. The number of aryl methyl sites for hydroxylation is 2. The molecule has 4 rings (SSSR count). The van der Waals surface area contributed by atoms with Gasteiger partial charge in [-0.25, -0.2) is 4.98 Å². The van der Waals surface area contributed by atoms with E-state index in [1.165, 1.54) is 16.7 Å². The maximum Gasteiger partial charge on any atom is 0.233 e. The number of pyridine rings is 1. The predicted molar refractivity (Wildman–Crippen MR) is 129 cm³/mol. The Balaban J connectivity index is 1.66. The van der Waals surface area contributed by atoms with Gasteiger partial charge in [0.15, 0.2) is 5.13 Å². The number of rotatable bonds is 6. The molecule has 4 aromatic rings. The Labute approximate surface area is 187 Å². The van der Waals surface area contributed by atoms with Crippen molar-refractivity contribution in [2.45, 2.75) is 46.6 Å². The van der Waals surface area contributed by atoms with Gasteiger partial charge in [-0.3, -0.25) is 14.7 Å². The summed E-state index contributed by atoms with van der Waals surface area (Å²) in [6, 6.07) is 18.3. The number of amides is 1. The SMILES string of the molecule is Cc1cc2nc(N(Cc3ccccn3)C(=O)Cc3ccc(C(C)C)cc3)sc2cc1C. The second kappa shape index (κ2) is 8.98. The fourth-order valence-electron chi connectivity index (χ4n) is 3.49. The molecule has 0 radical (unpaired) electrons. The highest BCUT2D eigenvalue weighted by atomic mass is 32.1. The molecule has 2 aromatic carbocycles. The fraction of sp³-hybridized carbons (Fsp3) is 0.269. The predicted octanol–water partition coefficient (Wildman–Crippen LogP) is 6.21. The van der Waals surface area contributed by atoms with E-state index < -0.39 is 0 Å². The van der Waals surface area contributed by atoms with Crippen LogP contribution in [0.3, 0.4) is 0 Å². The van der Waals surface area contributed by atoms with Crippen LogP contribution in [0, 0.1) is 13.8 Å². The summed E-state index contributed by atoms with van der Waals surface area (Å²) in [6.45, 7) is 8.94. The van der Waals surface area contributed by atoms with E-state index in [1.807, 2.05) is 18.2 Å². The standard InChI is InChI=1S/C26H27N3OS/c1-17(2)21-10-8-20(9-11-21)15-25(30)29(16-22-7-5-6-12-27-22)26-28-23-13-18(3)19(4)14-24(23)31-26/h5-14,17H,15-16H2,1-4H3. The first-order chi connectivity index (χ1) is 14.9. The molecule has 0 unspecified atom stereocenters. The molecule has 0 aliphatic heterocycles. The minimum atomic E-state index is 0.0236. The van der Waals surface area contributed by atoms with E-state index in [1.54, 1.807) is 22.4 Å². The Morgan fingerprint density at radius 2 is 1.77 bits per heavy atom. The first-order valence-corrected chi connectivity index (χ1v) is 11.4. The Morgan fingerprint density at radius 3 is 2.45 bits per heavy atom. The third kappa shape index (κ3) is 4.83. The number of nitrogens with zero attached hydrogens (tertiary/aromatic N) is 3. The van der Waals surface area contributed by atoms with E-state index in [2.05, 4.69) is 69.1 Å². The lowest BCUT2D eigenvalue weighted by atomic mass is 10.0. The van der Waals surface area contributed by atoms with Crippen LogP contribution in [0.1, 0.15) is 47.7 Å². The monoisotopic (exact) mass is 429 g/mol. The van der Waals surface area contributed by atoms with Crippen LogP contribution in [0.2, 0.25) is 0 Å². The topological polar surface area (TPSA) is 46.1 Å². The number of thiazole rings is 1. The maximum atomic E-state index is 13.4. The molecular weight excluding hydrogens is 402 g/mol. The van der Waals surface area contributed by atoms with Crippen molar-refractivity contribution in [3.63, 3.8) is 0 Å². The number of carbonyl (C=O) groups excluding carboxylic acids is 1. The van der Waals surface area contributed by atoms with Crippen molar-refractivity contribution in [2.75, 3.05) is 4.90 Å². The minimum absolute atomic E-state index is 0.0236. The first-order valence-electron chi connectivity index (χ1n) is 10.6. The van der Waals surface area contributed by atoms with Gasteiger partial charge in [0.1, 0.15) is 0 Å². The van der Waals surface area contributed by atoms with Crippen LogP contribution < -0.4 is 4.90 Å². The van der Waals surface area contributed by atoms with Crippen LogP contribution in [0.5, 0.6) is 0 Å². The second-order valence-corrected chi connectivity index (χ2v) is 9.28. The highest BCUT2D eigenvalue weighted by Gasteiger charge is 2.21. The van der Waals surface area contributed by atoms with Gasteiger partial charge in [-0.15, -0.1) is 0 Å². The molecule has 31 heavy (non-hydrogen) atoms. The summed E-state index contributed by atoms with van der Waals surface area (Å²) in [4.78, 5) is 24.4. The first kappa shape index (κ1) is 21.2. The van der Waals surface area contributed by atoms with Crippen LogP contribution in [-0.2, 0) is 17.8 Å². The van der Waals surface area contributed by atoms with Crippen molar-refractivity contribution in [2.24, 2.45) is 0 Å². The molecule has 0 saturated heterocycles. The lowest BCUT2D eigenvalue weighted by molar-refractivity contribution is -0.118. The van der Waals surface area contributed by atoms with Crippen LogP contribution >= 0.6 is 11.3 Å². The number of hydrogen-bond donors (Lipinski definition) is 0. The molecule has 2 aromatic heterocycles. The summed E-state index contributed by atoms with van der Waals surface area (Å²) in [5.41, 5.74) is 6.50. The molecule has 0 atom stereocenters. The lowest BCUT2D eigenvalue weighted by Gasteiger charge is -2.20. The van der Waals surface area contributed by atoms with Gasteiger partial charge in [0.25, 0.3) is 0 Å². The third-order valence-electron chi connectivity index (χ3n) is 5.57. The summed E-state index contributed by atoms with van der Waals surface area (Å²) < 4.78 is 1.10. The van der Waals surface area contributed by atoms with Crippen molar-refractivity contribution >= 4 is 32.6 Å². The molecule has 0 fully saturated rings. The third-order valence-corrected chi connectivity index (χ3v) is 6.61. The van der Waals surface area contributed by atoms with E-state index in [4.69, 9.17) is 4.98 Å². The van der Waals surface area contributed by atoms with Gasteiger partial charge in [-0.05, 0) is 66.3 Å². The van der Waals surface area contributed by atoms with Crippen LogP contribution in [-0.4, -0.2) is 15.9 Å². The molecule has 0 aliphatic rings. The average Bonchev–Trinajstić information content (AvgIpc) is 3.15. The molecule has 0 saturated carbocycles. The molecule has 0 spiro atoms. The molecule has 1 amide bonds. The Morgan fingerprint density at radius 1 is 1.03 bits per heavy atom. The zero-order chi connectivity index (χ0) is 22.0. The Kier molecular flexibility index (Phi) is 6.14. The number of anilines is 1. The number of hydrogen-bond acceptors (Lipinski definition) is 4. The lowest BCUT2D eigenvalue weighted by Crippen LogP contribution is -2.32. The van der Waals surface area contributed by atoms with Gasteiger partial charge in [-0.1, -0.05) is 55.5 Å². The number of carbonyl (C=O) groups is 1.